The van der Waals surface area contributed by atoms with E-state index >= 15 is 0 Å². The van der Waals surface area contributed by atoms with Gasteiger partial charge in [0.2, 0.25) is 0 Å². The van der Waals surface area contributed by atoms with Gasteiger partial charge < -0.3 is 16.2 Å². The molecule has 0 aliphatic rings. The highest BCUT2D eigenvalue weighted by Crippen LogP contribution is 2.26. The number of carbonyl (C=O) groups excluding carboxylic acids is 1. The van der Waals surface area contributed by atoms with Crippen molar-refractivity contribution in [3.05, 3.63) is 57.8 Å². The SMILES string of the molecule is NC(=O)c1cc(OCc2ccccc2Br)c(F)cc1N. The first-order chi connectivity index (χ1) is 9.49. The molecule has 0 spiro atoms. The highest BCUT2D eigenvalue weighted by molar-refractivity contribution is 9.10. The minimum atomic E-state index is -0.728. The number of ether oxygens (including phenoxy) is 1. The summed E-state index contributed by atoms with van der Waals surface area (Å²) in [6, 6.07) is 9.64. The van der Waals surface area contributed by atoms with Gasteiger partial charge in [0.25, 0.3) is 5.91 Å². The molecular weight excluding hydrogens is 327 g/mol. The minimum Gasteiger partial charge on any atom is -0.486 e. The molecule has 2 aromatic rings. The maximum absolute atomic E-state index is 13.7. The summed E-state index contributed by atoms with van der Waals surface area (Å²) in [5.41, 5.74) is 11.6. The van der Waals surface area contributed by atoms with Gasteiger partial charge in [-0.05, 0) is 12.1 Å². The second-order valence-electron chi connectivity index (χ2n) is 4.11. The molecular formula is C14H12BrFN2O2. The summed E-state index contributed by atoms with van der Waals surface area (Å²) < 4.78 is 20.0. The maximum atomic E-state index is 13.7. The molecule has 0 heterocycles. The van der Waals surface area contributed by atoms with Gasteiger partial charge in [-0.25, -0.2) is 4.39 Å². The zero-order valence-corrected chi connectivity index (χ0v) is 12.0. The predicted molar refractivity (Wildman–Crippen MR) is 77.8 cm³/mol. The number of nitrogen functional groups attached to an aromatic ring is 1. The van der Waals surface area contributed by atoms with E-state index in [-0.39, 0.29) is 23.6 Å². The summed E-state index contributed by atoms with van der Waals surface area (Å²) in [5.74, 6) is -1.43. The van der Waals surface area contributed by atoms with Gasteiger partial charge in [0.15, 0.2) is 11.6 Å². The zero-order valence-electron chi connectivity index (χ0n) is 10.4. The molecule has 2 rings (SSSR count). The van der Waals surface area contributed by atoms with Gasteiger partial charge in [-0.15, -0.1) is 0 Å². The number of hydrogen-bond donors (Lipinski definition) is 2. The topological polar surface area (TPSA) is 78.3 Å². The van der Waals surface area contributed by atoms with Gasteiger partial charge in [-0.3, -0.25) is 4.79 Å². The molecule has 0 aromatic heterocycles. The number of anilines is 1. The Morgan fingerprint density at radius 2 is 2.00 bits per heavy atom. The summed E-state index contributed by atoms with van der Waals surface area (Å²) in [7, 11) is 0. The van der Waals surface area contributed by atoms with E-state index in [1.807, 2.05) is 24.3 Å². The summed E-state index contributed by atoms with van der Waals surface area (Å²) in [6.45, 7) is 0.153. The average Bonchev–Trinajstić information content (AvgIpc) is 2.39. The fourth-order valence-corrected chi connectivity index (χ4v) is 2.06. The Morgan fingerprint density at radius 1 is 1.30 bits per heavy atom. The van der Waals surface area contributed by atoms with Gasteiger partial charge in [-0.1, -0.05) is 34.1 Å². The lowest BCUT2D eigenvalue weighted by Gasteiger charge is -2.11. The van der Waals surface area contributed by atoms with Gasteiger partial charge in [0.1, 0.15) is 6.61 Å². The molecule has 0 bridgehead atoms. The molecule has 1 amide bonds. The van der Waals surface area contributed by atoms with Gasteiger partial charge in [-0.2, -0.15) is 0 Å². The monoisotopic (exact) mass is 338 g/mol. The second-order valence-corrected chi connectivity index (χ2v) is 4.97. The summed E-state index contributed by atoms with van der Waals surface area (Å²) in [5, 5.41) is 0. The van der Waals surface area contributed by atoms with Crippen LogP contribution in [0.25, 0.3) is 0 Å². The van der Waals surface area contributed by atoms with Crippen LogP contribution in [0, 0.1) is 5.82 Å². The molecule has 0 aliphatic heterocycles. The Morgan fingerprint density at radius 3 is 2.65 bits per heavy atom. The van der Waals surface area contributed by atoms with Gasteiger partial charge in [0, 0.05) is 21.8 Å². The third kappa shape index (κ3) is 3.08. The smallest absolute Gasteiger partial charge is 0.250 e. The van der Waals surface area contributed by atoms with E-state index in [2.05, 4.69) is 15.9 Å². The molecule has 4 nitrogen and oxygen atoms in total. The van der Waals surface area contributed by atoms with E-state index in [1.165, 1.54) is 6.07 Å². The minimum absolute atomic E-state index is 0.0109. The van der Waals surface area contributed by atoms with Crippen molar-refractivity contribution < 1.29 is 13.9 Å². The Bertz CT molecular complexity index is 662. The molecule has 0 atom stereocenters. The molecule has 0 unspecified atom stereocenters. The first-order valence-corrected chi connectivity index (χ1v) is 6.53. The van der Waals surface area contributed by atoms with Crippen molar-refractivity contribution in [2.75, 3.05) is 5.73 Å². The van der Waals surface area contributed by atoms with Crippen LogP contribution in [0.4, 0.5) is 10.1 Å². The second kappa shape index (κ2) is 5.92. The average molecular weight is 339 g/mol. The molecule has 0 fully saturated rings. The number of nitrogens with two attached hydrogens (primary N) is 2. The van der Waals surface area contributed by atoms with Crippen molar-refractivity contribution in [1.82, 2.24) is 0 Å². The zero-order chi connectivity index (χ0) is 14.7. The van der Waals surface area contributed by atoms with Crippen molar-refractivity contribution in [2.24, 2.45) is 5.73 Å². The quantitative estimate of drug-likeness (QED) is 0.841. The van der Waals surface area contributed by atoms with Crippen LogP contribution in [0.3, 0.4) is 0 Å². The standard InChI is InChI=1S/C14H12BrFN2O2/c15-10-4-2-1-3-8(10)7-20-13-5-9(14(18)19)12(17)6-11(13)16/h1-6H,7,17H2,(H2,18,19). The van der Waals surface area contributed by atoms with Crippen molar-refractivity contribution >= 4 is 27.5 Å². The van der Waals surface area contributed by atoms with Crippen LogP contribution >= 0.6 is 15.9 Å². The number of benzene rings is 2. The number of halogens is 2. The first kappa shape index (κ1) is 14.3. The largest absolute Gasteiger partial charge is 0.486 e. The molecule has 104 valence electrons. The van der Waals surface area contributed by atoms with Crippen LogP contribution < -0.4 is 16.2 Å². The fraction of sp³-hybridized carbons (Fsp3) is 0.0714. The summed E-state index contributed by atoms with van der Waals surface area (Å²) in [4.78, 5) is 11.2. The molecule has 6 heteroatoms. The Kier molecular flexibility index (Phi) is 4.24. The van der Waals surface area contributed by atoms with Crippen molar-refractivity contribution in [3.63, 3.8) is 0 Å². The highest BCUT2D eigenvalue weighted by atomic mass is 79.9. The van der Waals surface area contributed by atoms with Crippen LogP contribution in [0.15, 0.2) is 40.9 Å². The van der Waals surface area contributed by atoms with Crippen LogP contribution in [0.2, 0.25) is 0 Å². The maximum Gasteiger partial charge on any atom is 0.250 e. The molecule has 0 aliphatic carbocycles. The van der Waals surface area contributed by atoms with E-state index in [9.17, 15) is 9.18 Å². The number of rotatable bonds is 4. The number of primary amides is 1. The van der Waals surface area contributed by atoms with Gasteiger partial charge in [0.05, 0.1) is 5.56 Å². The summed E-state index contributed by atoms with van der Waals surface area (Å²) >= 11 is 3.37. The lowest BCUT2D eigenvalue weighted by atomic mass is 10.1. The number of hydrogen-bond acceptors (Lipinski definition) is 3. The first-order valence-electron chi connectivity index (χ1n) is 5.74. The van der Waals surface area contributed by atoms with E-state index < -0.39 is 11.7 Å². The normalized spacial score (nSPS) is 10.3. The van der Waals surface area contributed by atoms with Crippen molar-refractivity contribution in [2.45, 2.75) is 6.61 Å². The molecule has 2 aromatic carbocycles. The molecule has 0 radical (unpaired) electrons. The lowest BCUT2D eigenvalue weighted by molar-refractivity contribution is 0.100. The van der Waals surface area contributed by atoms with Crippen molar-refractivity contribution in [1.29, 1.82) is 0 Å². The lowest BCUT2D eigenvalue weighted by Crippen LogP contribution is -2.14. The van der Waals surface area contributed by atoms with Crippen LogP contribution in [-0.2, 0) is 6.61 Å². The Labute approximate surface area is 123 Å². The number of amides is 1. The van der Waals surface area contributed by atoms with Gasteiger partial charge >= 0.3 is 0 Å². The fourth-order valence-electron chi connectivity index (χ4n) is 1.66. The Balaban J connectivity index is 2.24. The predicted octanol–water partition coefficient (Wildman–Crippen LogP) is 2.85. The molecule has 0 saturated carbocycles. The molecule has 4 N–H and O–H groups in total. The Hall–Kier alpha value is -2.08. The van der Waals surface area contributed by atoms with E-state index in [4.69, 9.17) is 16.2 Å². The highest BCUT2D eigenvalue weighted by Gasteiger charge is 2.13. The molecule has 0 saturated heterocycles. The van der Waals surface area contributed by atoms with Crippen molar-refractivity contribution in [3.8, 4) is 5.75 Å². The van der Waals surface area contributed by atoms with Crippen LogP contribution in [-0.4, -0.2) is 5.91 Å². The third-order valence-corrected chi connectivity index (χ3v) is 3.48. The van der Waals surface area contributed by atoms with E-state index in [0.29, 0.717) is 0 Å². The van der Waals surface area contributed by atoms with E-state index in [1.54, 1.807) is 0 Å². The number of carbonyl (C=O) groups is 1. The third-order valence-electron chi connectivity index (χ3n) is 2.71. The van der Waals surface area contributed by atoms with Crippen LogP contribution in [0.1, 0.15) is 15.9 Å². The van der Waals surface area contributed by atoms with Crippen LogP contribution in [0.5, 0.6) is 5.75 Å². The van der Waals surface area contributed by atoms with E-state index in [0.717, 1.165) is 16.1 Å². The molecule has 20 heavy (non-hydrogen) atoms. The summed E-state index contributed by atoms with van der Waals surface area (Å²) in [6.07, 6.45) is 0.